The number of halogens is 2. The predicted molar refractivity (Wildman–Crippen MR) is 74.0 cm³/mol. The number of nitro benzene ring substituents is 1. The molecular weight excluding hydrogens is 302 g/mol. The van der Waals surface area contributed by atoms with E-state index in [1.165, 1.54) is 24.3 Å². The molecule has 0 aliphatic heterocycles. The van der Waals surface area contributed by atoms with Gasteiger partial charge in [-0.2, -0.15) is 0 Å². The standard InChI is InChI=1S/C13H10F2N2O3S/c14-11-5-9(16)6-12(15)13(11)21(20)7-8-1-3-10(4-2-8)17(18)19/h1-6H,7,16H2. The highest BCUT2D eigenvalue weighted by atomic mass is 32.2. The van der Waals surface area contributed by atoms with Crippen molar-refractivity contribution in [2.45, 2.75) is 10.6 Å². The van der Waals surface area contributed by atoms with Crippen molar-refractivity contribution in [1.29, 1.82) is 0 Å². The lowest BCUT2D eigenvalue weighted by molar-refractivity contribution is -0.384. The minimum Gasteiger partial charge on any atom is -0.399 e. The fourth-order valence-electron chi connectivity index (χ4n) is 1.73. The van der Waals surface area contributed by atoms with Gasteiger partial charge in [0.2, 0.25) is 0 Å². The number of anilines is 1. The molecule has 0 radical (unpaired) electrons. The minimum absolute atomic E-state index is 0.0962. The van der Waals surface area contributed by atoms with Crippen LogP contribution in [0.2, 0.25) is 0 Å². The van der Waals surface area contributed by atoms with Gasteiger partial charge in [-0.3, -0.25) is 14.3 Å². The molecule has 0 saturated carbocycles. The molecule has 0 bridgehead atoms. The van der Waals surface area contributed by atoms with Gasteiger partial charge in [0.1, 0.15) is 16.5 Å². The second-order valence-electron chi connectivity index (χ2n) is 4.23. The van der Waals surface area contributed by atoms with E-state index in [9.17, 15) is 23.1 Å². The van der Waals surface area contributed by atoms with E-state index in [2.05, 4.69) is 0 Å². The maximum absolute atomic E-state index is 13.6. The molecule has 2 rings (SSSR count). The molecular formula is C13H10F2N2O3S. The highest BCUT2D eigenvalue weighted by Gasteiger charge is 2.17. The molecule has 0 amide bonds. The highest BCUT2D eigenvalue weighted by Crippen LogP contribution is 2.23. The number of hydrogen-bond acceptors (Lipinski definition) is 4. The van der Waals surface area contributed by atoms with E-state index in [4.69, 9.17) is 5.73 Å². The number of nitrogens with zero attached hydrogens (tertiary/aromatic N) is 1. The maximum atomic E-state index is 13.6. The van der Waals surface area contributed by atoms with Crippen molar-refractivity contribution in [1.82, 2.24) is 0 Å². The quantitative estimate of drug-likeness (QED) is 0.534. The van der Waals surface area contributed by atoms with Gasteiger partial charge in [0.15, 0.2) is 0 Å². The van der Waals surface area contributed by atoms with Gasteiger partial charge in [0.05, 0.1) is 21.5 Å². The number of hydrogen-bond donors (Lipinski definition) is 1. The average Bonchev–Trinajstić information content (AvgIpc) is 2.37. The van der Waals surface area contributed by atoms with Gasteiger partial charge >= 0.3 is 0 Å². The normalized spacial score (nSPS) is 12.1. The highest BCUT2D eigenvalue weighted by molar-refractivity contribution is 7.84. The van der Waals surface area contributed by atoms with Gasteiger partial charge in [-0.05, 0) is 17.7 Å². The smallest absolute Gasteiger partial charge is 0.269 e. The molecule has 2 aromatic rings. The molecule has 0 aliphatic rings. The SMILES string of the molecule is Nc1cc(F)c(S(=O)Cc2ccc([N+](=O)[O-])cc2)c(F)c1. The molecule has 110 valence electrons. The van der Waals surface area contributed by atoms with Crippen LogP contribution >= 0.6 is 0 Å². The monoisotopic (exact) mass is 312 g/mol. The lowest BCUT2D eigenvalue weighted by Crippen LogP contribution is -2.04. The zero-order valence-corrected chi connectivity index (χ0v) is 11.4. The van der Waals surface area contributed by atoms with Gasteiger partial charge in [0.25, 0.3) is 5.69 Å². The third kappa shape index (κ3) is 3.40. The molecule has 5 nitrogen and oxygen atoms in total. The van der Waals surface area contributed by atoms with Crippen molar-refractivity contribution in [3.63, 3.8) is 0 Å². The summed E-state index contributed by atoms with van der Waals surface area (Å²) in [7, 11) is -1.96. The Morgan fingerprint density at radius 3 is 2.14 bits per heavy atom. The molecule has 0 spiro atoms. The Kier molecular flexibility index (Phi) is 4.27. The van der Waals surface area contributed by atoms with E-state index in [1.807, 2.05) is 0 Å². The first-order valence-electron chi connectivity index (χ1n) is 5.74. The first-order chi connectivity index (χ1) is 9.88. The Morgan fingerprint density at radius 2 is 1.67 bits per heavy atom. The van der Waals surface area contributed by atoms with Gasteiger partial charge < -0.3 is 5.73 Å². The number of non-ortho nitro benzene ring substituents is 1. The fraction of sp³-hybridized carbons (Fsp3) is 0.0769. The van der Waals surface area contributed by atoms with Crippen LogP contribution in [0.25, 0.3) is 0 Å². The van der Waals surface area contributed by atoms with Crippen molar-refractivity contribution in [2.24, 2.45) is 0 Å². The van der Waals surface area contributed by atoms with Crippen LogP contribution in [0.4, 0.5) is 20.2 Å². The van der Waals surface area contributed by atoms with E-state index >= 15 is 0 Å². The van der Waals surface area contributed by atoms with Crippen molar-refractivity contribution >= 4 is 22.2 Å². The molecule has 0 heterocycles. The van der Waals surface area contributed by atoms with Crippen LogP contribution in [-0.2, 0) is 16.6 Å². The van der Waals surface area contributed by atoms with Crippen molar-refractivity contribution < 1.29 is 17.9 Å². The van der Waals surface area contributed by atoms with Crippen LogP contribution in [-0.4, -0.2) is 9.13 Å². The zero-order chi connectivity index (χ0) is 15.6. The van der Waals surface area contributed by atoms with E-state index in [0.717, 1.165) is 12.1 Å². The summed E-state index contributed by atoms with van der Waals surface area (Å²) in [5.74, 6) is -2.11. The average molecular weight is 312 g/mol. The first kappa shape index (κ1) is 15.0. The number of nitrogens with two attached hydrogens (primary N) is 1. The van der Waals surface area contributed by atoms with Gasteiger partial charge in [-0.25, -0.2) is 8.78 Å². The molecule has 0 aromatic heterocycles. The summed E-state index contributed by atoms with van der Waals surface area (Å²) < 4.78 is 39.3. The van der Waals surface area contributed by atoms with Crippen molar-refractivity contribution in [2.75, 3.05) is 5.73 Å². The summed E-state index contributed by atoms with van der Waals surface area (Å²) >= 11 is 0. The molecule has 2 aromatic carbocycles. The molecule has 1 unspecified atom stereocenters. The molecule has 0 aliphatic carbocycles. The largest absolute Gasteiger partial charge is 0.399 e. The Balaban J connectivity index is 2.24. The fourth-order valence-corrected chi connectivity index (χ4v) is 2.93. The van der Waals surface area contributed by atoms with E-state index in [1.54, 1.807) is 0 Å². The minimum atomic E-state index is -1.96. The van der Waals surface area contributed by atoms with Crippen LogP contribution in [0.3, 0.4) is 0 Å². The van der Waals surface area contributed by atoms with Gasteiger partial charge in [-0.1, -0.05) is 12.1 Å². The van der Waals surface area contributed by atoms with Crippen molar-refractivity contribution in [3.8, 4) is 0 Å². The number of nitrogen functional groups attached to an aromatic ring is 1. The second kappa shape index (κ2) is 5.96. The predicted octanol–water partition coefficient (Wildman–Crippen LogP) is 2.76. The topological polar surface area (TPSA) is 86.2 Å². The summed E-state index contributed by atoms with van der Waals surface area (Å²) in [5, 5.41) is 10.5. The molecule has 1 atom stereocenters. The Labute approximate surface area is 121 Å². The summed E-state index contributed by atoms with van der Waals surface area (Å²) in [6, 6.07) is 7.05. The third-order valence-electron chi connectivity index (χ3n) is 2.69. The summed E-state index contributed by atoms with van der Waals surface area (Å²) in [6.45, 7) is 0. The molecule has 8 heteroatoms. The summed E-state index contributed by atoms with van der Waals surface area (Å²) in [5.41, 5.74) is 5.54. The molecule has 0 fully saturated rings. The Bertz CT molecular complexity index is 697. The second-order valence-corrected chi connectivity index (χ2v) is 5.62. The van der Waals surface area contributed by atoms with Crippen LogP contribution in [0.1, 0.15) is 5.56 Å². The van der Waals surface area contributed by atoms with E-state index in [0.29, 0.717) is 5.56 Å². The lowest BCUT2D eigenvalue weighted by Gasteiger charge is -2.06. The number of nitro groups is 1. The molecule has 21 heavy (non-hydrogen) atoms. The van der Waals surface area contributed by atoms with Gasteiger partial charge in [0, 0.05) is 17.8 Å². The van der Waals surface area contributed by atoms with Crippen LogP contribution in [0, 0.1) is 21.7 Å². The van der Waals surface area contributed by atoms with E-state index in [-0.39, 0.29) is 17.1 Å². The lowest BCUT2D eigenvalue weighted by atomic mass is 10.2. The van der Waals surface area contributed by atoms with Crippen LogP contribution in [0.15, 0.2) is 41.3 Å². The number of rotatable bonds is 4. The first-order valence-corrected chi connectivity index (χ1v) is 7.06. The Hall–Kier alpha value is -2.35. The summed E-state index contributed by atoms with van der Waals surface area (Å²) in [6.07, 6.45) is 0. The molecule has 0 saturated heterocycles. The third-order valence-corrected chi connectivity index (χ3v) is 4.13. The molecule has 2 N–H and O–H groups in total. The zero-order valence-electron chi connectivity index (χ0n) is 10.6. The van der Waals surface area contributed by atoms with Gasteiger partial charge in [-0.15, -0.1) is 0 Å². The van der Waals surface area contributed by atoms with Crippen molar-refractivity contribution in [3.05, 3.63) is 63.7 Å². The Morgan fingerprint density at radius 1 is 1.14 bits per heavy atom. The van der Waals surface area contributed by atoms with Crippen LogP contribution in [0.5, 0.6) is 0 Å². The maximum Gasteiger partial charge on any atom is 0.269 e. The number of benzene rings is 2. The summed E-state index contributed by atoms with van der Waals surface area (Å²) in [4.78, 5) is 9.39. The van der Waals surface area contributed by atoms with Crippen LogP contribution < -0.4 is 5.73 Å². The van der Waals surface area contributed by atoms with E-state index < -0.39 is 32.3 Å².